The van der Waals surface area contributed by atoms with E-state index in [1.54, 1.807) is 22.7 Å². The third-order valence-electron chi connectivity index (χ3n) is 3.43. The smallest absolute Gasteiger partial charge is 0.207 e. The van der Waals surface area contributed by atoms with Gasteiger partial charge in [-0.15, -0.1) is 10.2 Å². The summed E-state index contributed by atoms with van der Waals surface area (Å²) in [6.07, 6.45) is 0.340. The van der Waals surface area contributed by atoms with Gasteiger partial charge in [0.25, 0.3) is 0 Å². The van der Waals surface area contributed by atoms with E-state index in [0.717, 1.165) is 10.6 Å². The van der Waals surface area contributed by atoms with Crippen molar-refractivity contribution < 1.29 is 4.39 Å². The van der Waals surface area contributed by atoms with Crippen molar-refractivity contribution in [2.75, 3.05) is 0 Å². The molecule has 2 aromatic heterocycles. The van der Waals surface area contributed by atoms with Crippen molar-refractivity contribution in [3.63, 3.8) is 0 Å². The molecular formula is C16H10ClFN4S. The van der Waals surface area contributed by atoms with Crippen LogP contribution in [0.4, 0.5) is 4.39 Å². The van der Waals surface area contributed by atoms with Gasteiger partial charge in [0.1, 0.15) is 10.8 Å². The van der Waals surface area contributed by atoms with Crippen LogP contribution in [0.15, 0.2) is 48.5 Å². The number of aromatic nitrogens is 4. The van der Waals surface area contributed by atoms with Crippen LogP contribution in [0.3, 0.4) is 0 Å². The maximum Gasteiger partial charge on any atom is 0.234 e. The highest BCUT2D eigenvalue weighted by Crippen LogP contribution is 2.27. The van der Waals surface area contributed by atoms with Crippen LogP contribution in [-0.2, 0) is 6.42 Å². The molecule has 0 unspecified atom stereocenters. The fourth-order valence-electron chi connectivity index (χ4n) is 2.32. The van der Waals surface area contributed by atoms with Gasteiger partial charge >= 0.3 is 0 Å². The van der Waals surface area contributed by atoms with Crippen LogP contribution in [0.25, 0.3) is 15.5 Å². The van der Waals surface area contributed by atoms with Gasteiger partial charge in [0, 0.05) is 17.0 Å². The van der Waals surface area contributed by atoms with Crippen LogP contribution < -0.4 is 0 Å². The molecule has 2 aromatic carbocycles. The molecule has 114 valence electrons. The first-order valence-corrected chi connectivity index (χ1v) is 8.10. The van der Waals surface area contributed by atoms with Crippen LogP contribution in [0.1, 0.15) is 11.4 Å². The molecule has 0 spiro atoms. The largest absolute Gasteiger partial charge is 0.234 e. The molecular weight excluding hydrogens is 335 g/mol. The lowest BCUT2D eigenvalue weighted by atomic mass is 10.1. The molecule has 2 heterocycles. The van der Waals surface area contributed by atoms with E-state index in [1.165, 1.54) is 17.4 Å². The van der Waals surface area contributed by atoms with Crippen molar-refractivity contribution in [2.24, 2.45) is 0 Å². The van der Waals surface area contributed by atoms with Crippen molar-refractivity contribution in [3.05, 3.63) is 70.8 Å². The second-order valence-electron chi connectivity index (χ2n) is 5.00. The molecule has 0 radical (unpaired) electrons. The summed E-state index contributed by atoms with van der Waals surface area (Å²) in [5.41, 5.74) is 1.49. The van der Waals surface area contributed by atoms with Gasteiger partial charge in [-0.2, -0.15) is 9.61 Å². The highest BCUT2D eigenvalue weighted by atomic mass is 35.5. The van der Waals surface area contributed by atoms with E-state index in [2.05, 4.69) is 15.3 Å². The van der Waals surface area contributed by atoms with E-state index in [0.29, 0.717) is 27.8 Å². The number of hydrogen-bond donors (Lipinski definition) is 0. The summed E-state index contributed by atoms with van der Waals surface area (Å²) in [5, 5.41) is 14.2. The molecule has 0 fully saturated rings. The molecule has 0 amide bonds. The van der Waals surface area contributed by atoms with Crippen molar-refractivity contribution in [2.45, 2.75) is 6.42 Å². The first-order valence-electron chi connectivity index (χ1n) is 6.91. The topological polar surface area (TPSA) is 43.1 Å². The summed E-state index contributed by atoms with van der Waals surface area (Å²) in [7, 11) is 0. The fraction of sp³-hybridized carbons (Fsp3) is 0.0625. The van der Waals surface area contributed by atoms with Crippen molar-refractivity contribution in [3.8, 4) is 10.6 Å². The lowest BCUT2D eigenvalue weighted by molar-refractivity contribution is 0.611. The first-order chi connectivity index (χ1) is 11.2. The first kappa shape index (κ1) is 14.3. The second-order valence-corrected chi connectivity index (χ2v) is 6.39. The van der Waals surface area contributed by atoms with E-state index >= 15 is 0 Å². The Labute approximate surface area is 140 Å². The maximum atomic E-state index is 13.8. The van der Waals surface area contributed by atoms with Crippen LogP contribution in [0.5, 0.6) is 0 Å². The molecule has 7 heteroatoms. The van der Waals surface area contributed by atoms with Crippen LogP contribution in [0, 0.1) is 5.82 Å². The van der Waals surface area contributed by atoms with E-state index < -0.39 is 0 Å². The Morgan fingerprint density at radius 2 is 1.96 bits per heavy atom. The van der Waals surface area contributed by atoms with Gasteiger partial charge in [-0.25, -0.2) is 4.39 Å². The third kappa shape index (κ3) is 2.71. The average molecular weight is 345 g/mol. The zero-order chi connectivity index (χ0) is 15.8. The van der Waals surface area contributed by atoms with Crippen LogP contribution >= 0.6 is 22.9 Å². The Kier molecular flexibility index (Phi) is 3.55. The summed E-state index contributed by atoms with van der Waals surface area (Å²) in [6.45, 7) is 0. The van der Waals surface area contributed by atoms with E-state index in [1.807, 2.05) is 24.3 Å². The van der Waals surface area contributed by atoms with Gasteiger partial charge in [-0.05, 0) is 23.8 Å². The Hall–Kier alpha value is -2.31. The minimum atomic E-state index is -0.255. The number of fused-ring (bicyclic) bond motifs is 1. The summed E-state index contributed by atoms with van der Waals surface area (Å²) in [4.78, 5) is 0.673. The molecule has 0 bridgehead atoms. The number of rotatable bonds is 3. The Morgan fingerprint density at radius 1 is 1.09 bits per heavy atom. The SMILES string of the molecule is Fc1ccccc1Cc1nnc2sc(-c3cccc(Cl)c3)nn12. The predicted octanol–water partition coefficient (Wildman–Crippen LogP) is 4.24. The third-order valence-corrected chi connectivity index (χ3v) is 4.62. The molecule has 0 saturated carbocycles. The molecule has 0 N–H and O–H groups in total. The van der Waals surface area contributed by atoms with Crippen LogP contribution in [0.2, 0.25) is 5.02 Å². The molecule has 0 atom stereocenters. The van der Waals surface area contributed by atoms with Crippen molar-refractivity contribution in [1.29, 1.82) is 0 Å². The van der Waals surface area contributed by atoms with Gasteiger partial charge in [0.15, 0.2) is 5.82 Å². The monoisotopic (exact) mass is 344 g/mol. The zero-order valence-electron chi connectivity index (χ0n) is 11.8. The maximum absolute atomic E-state index is 13.8. The average Bonchev–Trinajstić information content (AvgIpc) is 3.11. The summed E-state index contributed by atoms with van der Waals surface area (Å²) >= 11 is 7.44. The lowest BCUT2D eigenvalue weighted by Crippen LogP contribution is -1.99. The summed E-state index contributed by atoms with van der Waals surface area (Å²) in [6, 6.07) is 14.1. The molecule has 23 heavy (non-hydrogen) atoms. The minimum Gasteiger partial charge on any atom is -0.207 e. The van der Waals surface area contributed by atoms with Crippen molar-refractivity contribution in [1.82, 2.24) is 19.8 Å². The Morgan fingerprint density at radius 3 is 2.78 bits per heavy atom. The van der Waals surface area contributed by atoms with Gasteiger partial charge in [0.05, 0.1) is 0 Å². The zero-order valence-corrected chi connectivity index (χ0v) is 13.4. The van der Waals surface area contributed by atoms with Gasteiger partial charge in [0.2, 0.25) is 4.96 Å². The number of nitrogens with zero attached hydrogens (tertiary/aromatic N) is 4. The Bertz CT molecular complexity index is 995. The molecule has 0 saturated heterocycles. The van der Waals surface area contributed by atoms with Gasteiger partial charge in [-0.1, -0.05) is 53.3 Å². The molecule has 0 aliphatic rings. The van der Waals surface area contributed by atoms with E-state index in [9.17, 15) is 4.39 Å². The molecule has 4 rings (SSSR count). The standard InChI is InChI=1S/C16H10ClFN4S/c17-12-6-3-5-11(8-12)15-21-22-14(19-20-16(22)23-15)9-10-4-1-2-7-13(10)18/h1-8H,9H2. The molecule has 4 aromatic rings. The summed E-state index contributed by atoms with van der Waals surface area (Å²) < 4.78 is 15.5. The normalized spacial score (nSPS) is 11.2. The summed E-state index contributed by atoms with van der Waals surface area (Å²) in [5.74, 6) is 0.351. The number of halogens is 2. The van der Waals surface area contributed by atoms with Gasteiger partial charge in [-0.3, -0.25) is 0 Å². The quantitative estimate of drug-likeness (QED) is 0.558. The lowest BCUT2D eigenvalue weighted by Gasteiger charge is -2.00. The van der Waals surface area contributed by atoms with E-state index in [-0.39, 0.29) is 5.82 Å². The number of benzene rings is 2. The highest BCUT2D eigenvalue weighted by molar-refractivity contribution is 7.19. The predicted molar refractivity (Wildman–Crippen MR) is 88.3 cm³/mol. The second kappa shape index (κ2) is 5.72. The fourth-order valence-corrected chi connectivity index (χ4v) is 3.36. The molecule has 4 nitrogen and oxygen atoms in total. The minimum absolute atomic E-state index is 0.255. The van der Waals surface area contributed by atoms with Gasteiger partial charge < -0.3 is 0 Å². The van der Waals surface area contributed by atoms with E-state index in [4.69, 9.17) is 11.6 Å². The molecule has 0 aliphatic heterocycles. The van der Waals surface area contributed by atoms with Crippen LogP contribution in [-0.4, -0.2) is 19.8 Å². The number of hydrogen-bond acceptors (Lipinski definition) is 4. The molecule has 0 aliphatic carbocycles. The van der Waals surface area contributed by atoms with Crippen molar-refractivity contribution >= 4 is 27.9 Å². The Balaban J connectivity index is 1.74. The highest BCUT2D eigenvalue weighted by Gasteiger charge is 2.14.